The summed E-state index contributed by atoms with van der Waals surface area (Å²) in [5.74, 6) is -0.283. The Bertz CT molecular complexity index is 271. The molecule has 0 unspecified atom stereocenters. The summed E-state index contributed by atoms with van der Waals surface area (Å²) in [7, 11) is 0. The molecule has 0 heterocycles. The molecule has 0 aliphatic heterocycles. The monoisotopic (exact) mass is 181 g/mol. The Hall–Kier alpha value is -0.890. The van der Waals surface area contributed by atoms with Gasteiger partial charge >= 0.3 is 0 Å². The van der Waals surface area contributed by atoms with Crippen LogP contribution in [0.1, 0.15) is 30.9 Å². The summed E-state index contributed by atoms with van der Waals surface area (Å²) in [6.07, 6.45) is 3.01. The van der Waals surface area contributed by atoms with Gasteiger partial charge in [-0.1, -0.05) is 19.4 Å². The molecule has 0 saturated heterocycles. The molecule has 1 aromatic carbocycles. The van der Waals surface area contributed by atoms with E-state index >= 15 is 0 Å². The highest BCUT2D eigenvalue weighted by atomic mass is 19.1. The van der Waals surface area contributed by atoms with Gasteiger partial charge in [-0.2, -0.15) is 0 Å². The van der Waals surface area contributed by atoms with Crippen LogP contribution in [0.2, 0.25) is 0 Å². The number of unbranched alkanes of at least 4 members (excludes halogenated alkanes) is 1. The highest BCUT2D eigenvalue weighted by Crippen LogP contribution is 2.12. The van der Waals surface area contributed by atoms with E-state index in [0.29, 0.717) is 5.56 Å². The number of hydrogen-bond donors (Lipinski definition) is 1. The van der Waals surface area contributed by atoms with Gasteiger partial charge in [-0.3, -0.25) is 0 Å². The maximum absolute atomic E-state index is 12.9. The number of rotatable bonds is 4. The van der Waals surface area contributed by atoms with E-state index in [9.17, 15) is 4.39 Å². The van der Waals surface area contributed by atoms with Crippen molar-refractivity contribution >= 4 is 0 Å². The highest BCUT2D eigenvalue weighted by molar-refractivity contribution is 5.27. The topological polar surface area (TPSA) is 20.2 Å². The van der Waals surface area contributed by atoms with Gasteiger partial charge in [0.05, 0.1) is 0 Å². The van der Waals surface area contributed by atoms with E-state index in [1.165, 1.54) is 12.1 Å². The van der Waals surface area contributed by atoms with Gasteiger partial charge in [-0.25, -0.2) is 4.39 Å². The van der Waals surface area contributed by atoms with Crippen LogP contribution in [-0.2, 0) is 6.42 Å². The summed E-state index contributed by atoms with van der Waals surface area (Å²) in [6, 6.07) is 4.64. The molecule has 0 saturated carbocycles. The lowest BCUT2D eigenvalue weighted by Crippen LogP contribution is -1.90. The molecule has 0 atom stereocenters. The zero-order valence-electron chi connectivity index (χ0n) is 7.76. The van der Waals surface area contributed by atoms with E-state index < -0.39 is 0 Å². The SMILES string of the molecule is CCCCc1cc(F)cc([CH]O)c1. The maximum Gasteiger partial charge on any atom is 0.123 e. The molecule has 13 heavy (non-hydrogen) atoms. The van der Waals surface area contributed by atoms with Crippen molar-refractivity contribution in [3.63, 3.8) is 0 Å². The lowest BCUT2D eigenvalue weighted by Gasteiger charge is -2.02. The smallest absolute Gasteiger partial charge is 0.123 e. The molecule has 0 bridgehead atoms. The molecule has 0 amide bonds. The van der Waals surface area contributed by atoms with Gasteiger partial charge in [0.2, 0.25) is 0 Å². The molecule has 1 aromatic rings. The normalized spacial score (nSPS) is 10.4. The summed E-state index contributed by atoms with van der Waals surface area (Å²) in [6.45, 7) is 3.02. The first-order chi connectivity index (χ1) is 6.26. The molecular weight excluding hydrogens is 167 g/mol. The fourth-order valence-corrected chi connectivity index (χ4v) is 1.28. The summed E-state index contributed by atoms with van der Waals surface area (Å²) in [5, 5.41) is 8.72. The number of benzene rings is 1. The Morgan fingerprint density at radius 2 is 2.15 bits per heavy atom. The Balaban J connectivity index is 2.76. The van der Waals surface area contributed by atoms with Crippen molar-refractivity contribution in [2.24, 2.45) is 0 Å². The van der Waals surface area contributed by atoms with Crippen LogP contribution >= 0.6 is 0 Å². The Kier molecular flexibility index (Phi) is 3.90. The van der Waals surface area contributed by atoms with Gasteiger partial charge in [-0.05, 0) is 36.1 Å². The number of aryl methyl sites for hydroxylation is 1. The Morgan fingerprint density at radius 1 is 1.38 bits per heavy atom. The molecule has 0 aromatic heterocycles. The van der Waals surface area contributed by atoms with Crippen molar-refractivity contribution in [2.45, 2.75) is 26.2 Å². The van der Waals surface area contributed by atoms with E-state index in [4.69, 9.17) is 5.11 Å². The van der Waals surface area contributed by atoms with Gasteiger partial charge in [0.15, 0.2) is 0 Å². The molecule has 1 nitrogen and oxygen atoms in total. The predicted octanol–water partition coefficient (Wildman–Crippen LogP) is 3.05. The molecule has 1 radical (unpaired) electrons. The van der Waals surface area contributed by atoms with Gasteiger partial charge in [0.1, 0.15) is 12.4 Å². The number of halogens is 1. The summed E-state index contributed by atoms with van der Waals surface area (Å²) < 4.78 is 12.9. The zero-order valence-corrected chi connectivity index (χ0v) is 7.76. The molecule has 0 aliphatic carbocycles. The van der Waals surface area contributed by atoms with E-state index in [1.54, 1.807) is 6.07 Å². The van der Waals surface area contributed by atoms with E-state index in [0.717, 1.165) is 31.4 Å². The number of hydrogen-bond acceptors (Lipinski definition) is 1. The molecular formula is C11H14FO. The minimum Gasteiger partial charge on any atom is -0.385 e. The van der Waals surface area contributed by atoms with Crippen molar-refractivity contribution in [2.75, 3.05) is 0 Å². The third-order valence-electron chi connectivity index (χ3n) is 1.95. The van der Waals surface area contributed by atoms with Crippen LogP contribution in [0.15, 0.2) is 18.2 Å². The summed E-state index contributed by atoms with van der Waals surface area (Å²) >= 11 is 0. The van der Waals surface area contributed by atoms with Crippen LogP contribution in [-0.4, -0.2) is 5.11 Å². The lowest BCUT2D eigenvalue weighted by molar-refractivity contribution is 0.414. The largest absolute Gasteiger partial charge is 0.385 e. The second-order valence-corrected chi connectivity index (χ2v) is 3.13. The van der Waals surface area contributed by atoms with Gasteiger partial charge in [0, 0.05) is 0 Å². The van der Waals surface area contributed by atoms with E-state index in [2.05, 4.69) is 6.92 Å². The zero-order chi connectivity index (χ0) is 9.68. The predicted molar refractivity (Wildman–Crippen MR) is 50.3 cm³/mol. The Labute approximate surface area is 78.2 Å². The first-order valence-corrected chi connectivity index (χ1v) is 4.53. The average molecular weight is 181 g/mol. The molecule has 1 N–H and O–H groups in total. The summed E-state index contributed by atoms with van der Waals surface area (Å²) in [5.41, 5.74) is 1.48. The van der Waals surface area contributed by atoms with Crippen molar-refractivity contribution in [3.05, 3.63) is 41.8 Å². The maximum atomic E-state index is 12.9. The molecule has 2 heteroatoms. The first kappa shape index (κ1) is 10.2. The third kappa shape index (κ3) is 3.15. The second-order valence-electron chi connectivity index (χ2n) is 3.13. The van der Waals surface area contributed by atoms with Gasteiger partial charge < -0.3 is 5.11 Å². The second kappa shape index (κ2) is 4.97. The standard InChI is InChI=1S/C11H14FO/c1-2-3-4-9-5-10(8-13)7-11(12)6-9/h5-8,13H,2-4H2,1H3. The van der Waals surface area contributed by atoms with Crippen LogP contribution in [0.25, 0.3) is 0 Å². The first-order valence-electron chi connectivity index (χ1n) is 4.53. The van der Waals surface area contributed by atoms with Crippen molar-refractivity contribution in [3.8, 4) is 0 Å². The van der Waals surface area contributed by atoms with Crippen LogP contribution in [0.3, 0.4) is 0 Å². The fraction of sp³-hybridized carbons (Fsp3) is 0.364. The van der Waals surface area contributed by atoms with Crippen LogP contribution in [0.4, 0.5) is 4.39 Å². The van der Waals surface area contributed by atoms with Gasteiger partial charge in [-0.15, -0.1) is 0 Å². The lowest BCUT2D eigenvalue weighted by atomic mass is 10.1. The van der Waals surface area contributed by atoms with Crippen molar-refractivity contribution in [1.82, 2.24) is 0 Å². The van der Waals surface area contributed by atoms with E-state index in [-0.39, 0.29) is 5.82 Å². The van der Waals surface area contributed by atoms with Crippen LogP contribution < -0.4 is 0 Å². The molecule has 0 aliphatic rings. The van der Waals surface area contributed by atoms with Crippen molar-refractivity contribution in [1.29, 1.82) is 0 Å². The molecule has 71 valence electrons. The van der Waals surface area contributed by atoms with Gasteiger partial charge in [0.25, 0.3) is 0 Å². The number of aliphatic hydroxyl groups is 1. The third-order valence-corrected chi connectivity index (χ3v) is 1.95. The Morgan fingerprint density at radius 3 is 2.77 bits per heavy atom. The highest BCUT2D eigenvalue weighted by Gasteiger charge is 1.99. The van der Waals surface area contributed by atoms with Crippen LogP contribution in [0, 0.1) is 12.4 Å². The molecule has 1 rings (SSSR count). The minimum absolute atomic E-state index is 0.283. The number of aliphatic hydroxyl groups excluding tert-OH is 1. The minimum atomic E-state index is -0.283. The van der Waals surface area contributed by atoms with Crippen molar-refractivity contribution < 1.29 is 9.50 Å². The van der Waals surface area contributed by atoms with E-state index in [1.807, 2.05) is 0 Å². The molecule has 0 fully saturated rings. The van der Waals surface area contributed by atoms with Crippen LogP contribution in [0.5, 0.6) is 0 Å². The fourth-order valence-electron chi connectivity index (χ4n) is 1.28. The quantitative estimate of drug-likeness (QED) is 0.756. The average Bonchev–Trinajstić information content (AvgIpc) is 2.14. The molecule has 0 spiro atoms. The summed E-state index contributed by atoms with van der Waals surface area (Å²) in [4.78, 5) is 0.